The summed E-state index contributed by atoms with van der Waals surface area (Å²) in [5, 5.41) is 10.8. The van der Waals surface area contributed by atoms with Gasteiger partial charge in [-0.3, -0.25) is 0 Å². The first-order chi connectivity index (χ1) is 12.0. The Morgan fingerprint density at radius 3 is 2.48 bits per heavy atom. The van der Waals surface area contributed by atoms with Crippen molar-refractivity contribution < 1.29 is 22.3 Å². The molecule has 0 aliphatic rings. The van der Waals surface area contributed by atoms with Gasteiger partial charge in [0.15, 0.2) is 0 Å². The van der Waals surface area contributed by atoms with Crippen molar-refractivity contribution in [2.75, 3.05) is 5.32 Å². The molecule has 0 unspecified atom stereocenters. The van der Waals surface area contributed by atoms with Gasteiger partial charge in [-0.25, -0.2) is 0 Å². The molecule has 1 N–H and O–H groups in total. The summed E-state index contributed by atoms with van der Waals surface area (Å²) in [5.41, 5.74) is 1.49. The molecule has 2 aromatic carbocycles. The molecule has 1 heterocycles. The zero-order valence-corrected chi connectivity index (χ0v) is 13.0. The highest BCUT2D eigenvalue weighted by Gasteiger charge is 2.31. The Hall–Kier alpha value is -3.03. The van der Waals surface area contributed by atoms with Crippen LogP contribution in [0.25, 0.3) is 0 Å². The number of ether oxygens (including phenoxy) is 1. The van der Waals surface area contributed by atoms with E-state index in [1.54, 1.807) is 6.07 Å². The summed E-state index contributed by atoms with van der Waals surface area (Å²) >= 11 is 0. The van der Waals surface area contributed by atoms with Crippen LogP contribution >= 0.6 is 0 Å². The fourth-order valence-electron chi connectivity index (χ4n) is 2.18. The third kappa shape index (κ3) is 5.23. The molecule has 0 amide bonds. The van der Waals surface area contributed by atoms with E-state index in [4.69, 9.17) is 4.42 Å². The number of hydrogen-bond acceptors (Lipinski definition) is 5. The molecule has 0 saturated carbocycles. The van der Waals surface area contributed by atoms with E-state index in [1.165, 1.54) is 18.2 Å². The number of rotatable bonds is 6. The molecule has 130 valence electrons. The van der Waals surface area contributed by atoms with Crippen molar-refractivity contribution in [3.8, 4) is 5.75 Å². The van der Waals surface area contributed by atoms with Crippen LogP contribution in [0.2, 0.25) is 0 Å². The zero-order chi connectivity index (χ0) is 17.7. The highest BCUT2D eigenvalue weighted by atomic mass is 19.4. The van der Waals surface area contributed by atoms with Crippen LogP contribution < -0.4 is 10.1 Å². The summed E-state index contributed by atoms with van der Waals surface area (Å²) in [6.07, 6.45) is -4.21. The average Bonchev–Trinajstić information content (AvgIpc) is 3.00. The number of halogens is 3. The maximum absolute atomic E-state index is 12.2. The molecular formula is C17H14F3N3O2. The van der Waals surface area contributed by atoms with Gasteiger partial charge in [0.1, 0.15) is 5.75 Å². The first kappa shape index (κ1) is 16.8. The maximum atomic E-state index is 12.2. The summed E-state index contributed by atoms with van der Waals surface area (Å²) < 4.78 is 46.1. The Balaban J connectivity index is 1.58. The van der Waals surface area contributed by atoms with E-state index in [-0.39, 0.29) is 12.3 Å². The van der Waals surface area contributed by atoms with Crippen molar-refractivity contribution in [1.29, 1.82) is 0 Å². The lowest BCUT2D eigenvalue weighted by Gasteiger charge is -2.10. The van der Waals surface area contributed by atoms with E-state index in [0.717, 1.165) is 5.56 Å². The predicted molar refractivity (Wildman–Crippen MR) is 84.0 cm³/mol. The van der Waals surface area contributed by atoms with Crippen LogP contribution in [0.4, 0.5) is 18.9 Å². The molecule has 3 aromatic rings. The number of hydrogen-bond donors (Lipinski definition) is 1. The van der Waals surface area contributed by atoms with Gasteiger partial charge in [-0.05, 0) is 17.7 Å². The molecule has 8 heteroatoms. The molecule has 3 rings (SSSR count). The van der Waals surface area contributed by atoms with Gasteiger partial charge in [-0.2, -0.15) is 0 Å². The van der Waals surface area contributed by atoms with Crippen molar-refractivity contribution in [1.82, 2.24) is 10.2 Å². The molecule has 1 aromatic heterocycles. The Bertz CT molecular complexity index is 819. The quantitative estimate of drug-likeness (QED) is 0.724. The van der Waals surface area contributed by atoms with E-state index >= 15 is 0 Å². The monoisotopic (exact) mass is 349 g/mol. The van der Waals surface area contributed by atoms with Crippen LogP contribution in [0.3, 0.4) is 0 Å². The minimum Gasteiger partial charge on any atom is -0.423 e. The van der Waals surface area contributed by atoms with E-state index in [9.17, 15) is 13.2 Å². The zero-order valence-electron chi connectivity index (χ0n) is 13.0. The van der Waals surface area contributed by atoms with E-state index in [1.807, 2.05) is 30.3 Å². The van der Waals surface area contributed by atoms with Crippen molar-refractivity contribution in [3.05, 3.63) is 71.9 Å². The molecule has 25 heavy (non-hydrogen) atoms. The van der Waals surface area contributed by atoms with Crippen LogP contribution in [-0.4, -0.2) is 16.6 Å². The number of nitrogens with zero attached hydrogens (tertiary/aromatic N) is 2. The molecule has 5 nitrogen and oxygen atoms in total. The first-order valence-corrected chi connectivity index (χ1v) is 7.43. The SMILES string of the molecule is FC(F)(F)Oc1cccc(NCc2nnc(Cc3ccccc3)o2)c1. The standard InChI is InChI=1S/C17H14F3N3O2/c18-17(19,20)25-14-8-4-7-13(10-14)21-11-16-23-22-15(24-16)9-12-5-2-1-3-6-12/h1-8,10,21H,9,11H2. The molecule has 0 saturated heterocycles. The van der Waals surface area contributed by atoms with E-state index < -0.39 is 6.36 Å². The normalized spacial score (nSPS) is 11.3. The summed E-state index contributed by atoms with van der Waals surface area (Å²) in [7, 11) is 0. The van der Waals surface area contributed by atoms with E-state index in [2.05, 4.69) is 20.3 Å². The molecule has 0 spiro atoms. The average molecular weight is 349 g/mol. The Morgan fingerprint density at radius 1 is 0.960 bits per heavy atom. The van der Waals surface area contributed by atoms with Crippen molar-refractivity contribution in [2.45, 2.75) is 19.3 Å². The Kier molecular flexibility index (Phi) is 4.87. The number of benzene rings is 2. The molecular weight excluding hydrogens is 335 g/mol. The summed E-state index contributed by atoms with van der Waals surface area (Å²) in [6, 6.07) is 15.2. The molecule has 0 radical (unpaired) electrons. The van der Waals surface area contributed by atoms with Crippen LogP contribution in [0.15, 0.2) is 59.0 Å². The van der Waals surface area contributed by atoms with Gasteiger partial charge in [0.2, 0.25) is 11.8 Å². The Morgan fingerprint density at radius 2 is 1.72 bits per heavy atom. The topological polar surface area (TPSA) is 60.2 Å². The van der Waals surface area contributed by atoms with Crippen LogP contribution in [0, 0.1) is 0 Å². The minimum absolute atomic E-state index is 0.192. The van der Waals surface area contributed by atoms with Gasteiger partial charge in [-0.1, -0.05) is 36.4 Å². The van der Waals surface area contributed by atoms with Crippen LogP contribution in [-0.2, 0) is 13.0 Å². The van der Waals surface area contributed by atoms with E-state index in [0.29, 0.717) is 23.9 Å². The fraction of sp³-hybridized carbons (Fsp3) is 0.176. The van der Waals surface area contributed by atoms with Gasteiger partial charge < -0.3 is 14.5 Å². The van der Waals surface area contributed by atoms with Gasteiger partial charge in [0.05, 0.1) is 13.0 Å². The second-order valence-corrected chi connectivity index (χ2v) is 5.18. The largest absolute Gasteiger partial charge is 0.573 e. The highest BCUT2D eigenvalue weighted by Crippen LogP contribution is 2.25. The number of alkyl halides is 3. The van der Waals surface area contributed by atoms with Crippen LogP contribution in [0.1, 0.15) is 17.3 Å². The summed E-state index contributed by atoms with van der Waals surface area (Å²) in [6.45, 7) is 0.192. The number of nitrogens with one attached hydrogen (secondary N) is 1. The minimum atomic E-state index is -4.72. The first-order valence-electron chi connectivity index (χ1n) is 7.43. The third-order valence-electron chi connectivity index (χ3n) is 3.22. The van der Waals surface area contributed by atoms with Gasteiger partial charge in [0, 0.05) is 11.8 Å². The highest BCUT2D eigenvalue weighted by molar-refractivity contribution is 5.48. The number of anilines is 1. The molecule has 0 aliphatic carbocycles. The second-order valence-electron chi connectivity index (χ2n) is 5.18. The van der Waals surface area contributed by atoms with Crippen molar-refractivity contribution >= 4 is 5.69 Å². The molecule has 0 fully saturated rings. The van der Waals surface area contributed by atoms with Crippen molar-refractivity contribution in [3.63, 3.8) is 0 Å². The Labute approximate surface area is 141 Å². The lowest BCUT2D eigenvalue weighted by Crippen LogP contribution is -2.17. The molecule has 0 bridgehead atoms. The lowest BCUT2D eigenvalue weighted by atomic mass is 10.2. The van der Waals surface area contributed by atoms with Gasteiger partial charge in [-0.15, -0.1) is 23.4 Å². The van der Waals surface area contributed by atoms with Gasteiger partial charge >= 0.3 is 6.36 Å². The molecule has 0 atom stereocenters. The summed E-state index contributed by atoms with van der Waals surface area (Å²) in [4.78, 5) is 0. The van der Waals surface area contributed by atoms with Gasteiger partial charge in [0.25, 0.3) is 0 Å². The fourth-order valence-corrected chi connectivity index (χ4v) is 2.18. The smallest absolute Gasteiger partial charge is 0.423 e. The third-order valence-corrected chi connectivity index (χ3v) is 3.22. The molecule has 0 aliphatic heterocycles. The van der Waals surface area contributed by atoms with Crippen molar-refractivity contribution in [2.24, 2.45) is 0 Å². The second kappa shape index (κ2) is 7.25. The lowest BCUT2D eigenvalue weighted by molar-refractivity contribution is -0.274. The number of aromatic nitrogens is 2. The van der Waals surface area contributed by atoms with Crippen LogP contribution in [0.5, 0.6) is 5.75 Å². The summed E-state index contributed by atoms with van der Waals surface area (Å²) in [5.74, 6) is 0.512. The predicted octanol–water partition coefficient (Wildman–Crippen LogP) is 4.17. The maximum Gasteiger partial charge on any atom is 0.573 e.